The van der Waals surface area contributed by atoms with Crippen LogP contribution in [0.2, 0.25) is 0 Å². The lowest BCUT2D eigenvalue weighted by atomic mass is 10.3. The third-order valence-corrected chi connectivity index (χ3v) is 3.90. The molecule has 0 amide bonds. The molecule has 0 saturated heterocycles. The molecule has 1 aromatic carbocycles. The number of hydrogen-bond acceptors (Lipinski definition) is 3. The molecular weight excluding hydrogens is 210 g/mol. The second-order valence-electron chi connectivity index (χ2n) is 2.81. The maximum absolute atomic E-state index is 3.11. The molecule has 0 fully saturated rings. The van der Waals surface area contributed by atoms with Crippen LogP contribution in [0.4, 0.5) is 5.69 Å². The van der Waals surface area contributed by atoms with Crippen molar-refractivity contribution in [1.29, 1.82) is 0 Å². The molecule has 0 spiro atoms. The Labute approximate surface area is 92.2 Å². The summed E-state index contributed by atoms with van der Waals surface area (Å²) in [5, 5.41) is 5.21. The molecule has 72 valence electrons. The first-order valence-electron chi connectivity index (χ1n) is 4.37. The average molecular weight is 221 g/mol. The molecule has 1 heterocycles. The van der Waals surface area contributed by atoms with E-state index >= 15 is 0 Å². The van der Waals surface area contributed by atoms with Crippen molar-refractivity contribution in [2.75, 3.05) is 12.4 Å². The molecule has 1 N–H and O–H groups in total. The summed E-state index contributed by atoms with van der Waals surface area (Å²) in [6.45, 7) is 0. The van der Waals surface area contributed by atoms with Crippen molar-refractivity contribution in [2.45, 2.75) is 9.10 Å². The predicted octanol–water partition coefficient (Wildman–Crippen LogP) is 3.94. The van der Waals surface area contributed by atoms with Crippen LogP contribution in [-0.2, 0) is 0 Å². The lowest BCUT2D eigenvalue weighted by Gasteiger charge is -2.01. The second kappa shape index (κ2) is 4.53. The molecule has 0 saturated carbocycles. The lowest BCUT2D eigenvalue weighted by molar-refractivity contribution is 1.42. The molecule has 2 rings (SSSR count). The fraction of sp³-hybridized carbons (Fsp3) is 0.0909. The van der Waals surface area contributed by atoms with E-state index in [0.29, 0.717) is 0 Å². The Hall–Kier alpha value is -0.930. The molecule has 3 heteroatoms. The first-order valence-corrected chi connectivity index (χ1v) is 6.07. The Morgan fingerprint density at radius 1 is 1.14 bits per heavy atom. The van der Waals surface area contributed by atoms with E-state index in [1.165, 1.54) is 9.10 Å². The van der Waals surface area contributed by atoms with Crippen LogP contribution in [0.15, 0.2) is 50.9 Å². The van der Waals surface area contributed by atoms with E-state index in [-0.39, 0.29) is 0 Å². The monoisotopic (exact) mass is 221 g/mol. The van der Waals surface area contributed by atoms with Gasteiger partial charge in [0.05, 0.1) is 4.21 Å². The number of anilines is 1. The van der Waals surface area contributed by atoms with Gasteiger partial charge in [-0.15, -0.1) is 11.3 Å². The third-order valence-electron chi connectivity index (χ3n) is 1.86. The summed E-state index contributed by atoms with van der Waals surface area (Å²) in [6.07, 6.45) is 0. The van der Waals surface area contributed by atoms with Crippen molar-refractivity contribution >= 4 is 28.8 Å². The zero-order chi connectivity index (χ0) is 9.80. The second-order valence-corrected chi connectivity index (χ2v) is 5.13. The summed E-state index contributed by atoms with van der Waals surface area (Å²) in [5.74, 6) is 0. The summed E-state index contributed by atoms with van der Waals surface area (Å²) in [4.78, 5) is 1.28. The highest BCUT2D eigenvalue weighted by Crippen LogP contribution is 2.31. The zero-order valence-electron chi connectivity index (χ0n) is 7.86. The van der Waals surface area contributed by atoms with Gasteiger partial charge in [-0.2, -0.15) is 0 Å². The Balaban J connectivity index is 2.10. The summed E-state index contributed by atoms with van der Waals surface area (Å²) in [7, 11) is 1.93. The van der Waals surface area contributed by atoms with Crippen LogP contribution >= 0.6 is 23.1 Å². The van der Waals surface area contributed by atoms with E-state index in [4.69, 9.17) is 0 Å². The van der Waals surface area contributed by atoms with Gasteiger partial charge in [-0.25, -0.2) is 0 Å². The van der Waals surface area contributed by atoms with Crippen molar-refractivity contribution in [3.05, 3.63) is 41.8 Å². The van der Waals surface area contributed by atoms with Crippen LogP contribution < -0.4 is 5.32 Å². The summed E-state index contributed by atoms with van der Waals surface area (Å²) in [6, 6.07) is 12.7. The van der Waals surface area contributed by atoms with Crippen molar-refractivity contribution < 1.29 is 0 Å². The van der Waals surface area contributed by atoms with E-state index in [1.54, 1.807) is 23.1 Å². The molecule has 0 aliphatic heterocycles. The van der Waals surface area contributed by atoms with Crippen molar-refractivity contribution in [2.24, 2.45) is 0 Å². The zero-order valence-corrected chi connectivity index (χ0v) is 9.49. The molecule has 1 nitrogen and oxygen atoms in total. The van der Waals surface area contributed by atoms with Gasteiger partial charge in [0.25, 0.3) is 0 Å². The van der Waals surface area contributed by atoms with Crippen LogP contribution in [-0.4, -0.2) is 7.05 Å². The number of hydrogen-bond donors (Lipinski definition) is 1. The van der Waals surface area contributed by atoms with Crippen molar-refractivity contribution in [1.82, 2.24) is 0 Å². The smallest absolute Gasteiger partial charge is 0.0646 e. The van der Waals surface area contributed by atoms with Gasteiger partial charge in [-0.05, 0) is 35.7 Å². The lowest BCUT2D eigenvalue weighted by Crippen LogP contribution is -1.85. The van der Waals surface area contributed by atoms with E-state index in [0.717, 1.165) is 5.69 Å². The van der Waals surface area contributed by atoms with Crippen LogP contribution in [0.1, 0.15) is 0 Å². The molecular formula is C11H11NS2. The molecule has 0 unspecified atom stereocenters. The van der Waals surface area contributed by atoms with Gasteiger partial charge >= 0.3 is 0 Å². The summed E-state index contributed by atoms with van der Waals surface area (Å²) < 4.78 is 1.34. The first-order chi connectivity index (χ1) is 6.88. The van der Waals surface area contributed by atoms with Gasteiger partial charge < -0.3 is 5.32 Å². The Kier molecular flexibility index (Phi) is 3.11. The standard InChI is InChI=1S/C11H11NS2/c1-12-9-4-6-10(7-5-9)14-11-3-2-8-13-11/h2-8,12H,1H3. The maximum Gasteiger partial charge on any atom is 0.0646 e. The number of rotatable bonds is 3. The normalized spacial score (nSPS) is 10.1. The van der Waals surface area contributed by atoms with Crippen LogP contribution in [0.25, 0.3) is 0 Å². The Bertz CT molecular complexity index is 378. The highest BCUT2D eigenvalue weighted by atomic mass is 32.2. The van der Waals surface area contributed by atoms with Gasteiger partial charge in [0.2, 0.25) is 0 Å². The largest absolute Gasteiger partial charge is 0.388 e. The summed E-state index contributed by atoms with van der Waals surface area (Å²) >= 11 is 3.58. The van der Waals surface area contributed by atoms with Gasteiger partial charge in [0.15, 0.2) is 0 Å². The molecule has 2 aromatic rings. The van der Waals surface area contributed by atoms with Crippen LogP contribution in [0.5, 0.6) is 0 Å². The number of benzene rings is 1. The highest BCUT2D eigenvalue weighted by Gasteiger charge is 1.97. The Morgan fingerprint density at radius 3 is 2.50 bits per heavy atom. The van der Waals surface area contributed by atoms with Gasteiger partial charge in [-0.3, -0.25) is 0 Å². The quantitative estimate of drug-likeness (QED) is 0.842. The predicted molar refractivity (Wildman–Crippen MR) is 64.4 cm³/mol. The minimum Gasteiger partial charge on any atom is -0.388 e. The molecule has 0 atom stereocenters. The average Bonchev–Trinajstić information content (AvgIpc) is 2.72. The van der Waals surface area contributed by atoms with Crippen LogP contribution in [0, 0.1) is 0 Å². The van der Waals surface area contributed by atoms with Crippen molar-refractivity contribution in [3.8, 4) is 0 Å². The SMILES string of the molecule is CNc1ccc(Sc2cccs2)cc1. The maximum atomic E-state index is 3.11. The molecule has 0 radical (unpaired) electrons. The number of thiophene rings is 1. The minimum absolute atomic E-state index is 1.15. The fourth-order valence-corrected chi connectivity index (χ4v) is 2.87. The van der Waals surface area contributed by atoms with E-state index in [9.17, 15) is 0 Å². The topological polar surface area (TPSA) is 12.0 Å². The number of nitrogens with one attached hydrogen (secondary N) is 1. The minimum atomic E-state index is 1.15. The third kappa shape index (κ3) is 2.30. The van der Waals surface area contributed by atoms with E-state index < -0.39 is 0 Å². The molecule has 1 aromatic heterocycles. The summed E-state index contributed by atoms with van der Waals surface area (Å²) in [5.41, 5.74) is 1.15. The van der Waals surface area contributed by atoms with E-state index in [1.807, 2.05) is 7.05 Å². The van der Waals surface area contributed by atoms with Gasteiger partial charge in [0, 0.05) is 17.6 Å². The highest BCUT2D eigenvalue weighted by molar-refractivity contribution is 8.01. The molecule has 0 bridgehead atoms. The fourth-order valence-electron chi connectivity index (χ4n) is 1.13. The molecule has 0 aliphatic carbocycles. The van der Waals surface area contributed by atoms with Crippen molar-refractivity contribution in [3.63, 3.8) is 0 Å². The van der Waals surface area contributed by atoms with E-state index in [2.05, 4.69) is 47.1 Å². The van der Waals surface area contributed by atoms with Gasteiger partial charge in [0.1, 0.15) is 0 Å². The first kappa shape index (κ1) is 9.62. The molecule has 14 heavy (non-hydrogen) atoms. The van der Waals surface area contributed by atoms with Gasteiger partial charge in [-0.1, -0.05) is 17.8 Å². The Morgan fingerprint density at radius 2 is 1.93 bits per heavy atom. The van der Waals surface area contributed by atoms with Crippen LogP contribution in [0.3, 0.4) is 0 Å². The molecule has 0 aliphatic rings.